The Bertz CT molecular complexity index is 669. The van der Waals surface area contributed by atoms with Crippen LogP contribution in [0.3, 0.4) is 0 Å². The molecule has 0 heterocycles. The minimum Gasteiger partial charge on any atom is -0.508 e. The maximum Gasteiger partial charge on any atom is 0.115 e. The number of aromatic hydroxyl groups is 1. The van der Waals surface area contributed by atoms with Crippen LogP contribution in [0.1, 0.15) is 11.1 Å². The summed E-state index contributed by atoms with van der Waals surface area (Å²) in [6.07, 6.45) is 0.894. The summed E-state index contributed by atoms with van der Waals surface area (Å²) >= 11 is 0. The van der Waals surface area contributed by atoms with Crippen molar-refractivity contribution in [2.45, 2.75) is 6.42 Å². The molecule has 0 fully saturated rings. The van der Waals surface area contributed by atoms with E-state index in [0.717, 1.165) is 6.42 Å². The van der Waals surface area contributed by atoms with E-state index >= 15 is 0 Å². The van der Waals surface area contributed by atoms with Crippen LogP contribution in [0.4, 0.5) is 0 Å². The summed E-state index contributed by atoms with van der Waals surface area (Å²) in [6, 6.07) is 22.3. The second-order valence-electron chi connectivity index (χ2n) is 4.52. The lowest BCUT2D eigenvalue weighted by atomic mass is 10.0. The average molecular weight is 234 g/mol. The first-order chi connectivity index (χ1) is 8.81. The Morgan fingerprint density at radius 3 is 2.11 bits per heavy atom. The van der Waals surface area contributed by atoms with Crippen molar-refractivity contribution in [1.29, 1.82) is 0 Å². The van der Waals surface area contributed by atoms with E-state index in [2.05, 4.69) is 42.5 Å². The van der Waals surface area contributed by atoms with Crippen molar-refractivity contribution < 1.29 is 5.11 Å². The molecule has 3 aromatic carbocycles. The maximum atomic E-state index is 9.26. The number of rotatable bonds is 2. The molecular weight excluding hydrogens is 220 g/mol. The molecule has 0 unspecified atom stereocenters. The van der Waals surface area contributed by atoms with E-state index in [1.165, 1.54) is 21.9 Å². The number of benzene rings is 3. The van der Waals surface area contributed by atoms with Crippen LogP contribution in [0.25, 0.3) is 10.8 Å². The quantitative estimate of drug-likeness (QED) is 0.706. The van der Waals surface area contributed by atoms with Crippen LogP contribution in [-0.2, 0) is 6.42 Å². The summed E-state index contributed by atoms with van der Waals surface area (Å²) in [4.78, 5) is 0. The summed E-state index contributed by atoms with van der Waals surface area (Å²) in [5.41, 5.74) is 2.50. The number of phenolic OH excluding ortho intramolecular Hbond substituents is 1. The summed E-state index contributed by atoms with van der Waals surface area (Å²) in [5, 5.41) is 11.8. The van der Waals surface area contributed by atoms with E-state index in [1.54, 1.807) is 12.1 Å². The van der Waals surface area contributed by atoms with Crippen LogP contribution in [0.5, 0.6) is 5.75 Å². The second-order valence-corrected chi connectivity index (χ2v) is 4.52. The van der Waals surface area contributed by atoms with Crippen molar-refractivity contribution >= 4 is 10.8 Å². The molecule has 1 heteroatoms. The summed E-state index contributed by atoms with van der Waals surface area (Å²) in [5.74, 6) is 0.317. The van der Waals surface area contributed by atoms with Crippen molar-refractivity contribution in [2.24, 2.45) is 0 Å². The molecule has 88 valence electrons. The van der Waals surface area contributed by atoms with Crippen LogP contribution in [0.2, 0.25) is 0 Å². The minimum atomic E-state index is 0.317. The molecule has 0 aliphatic heterocycles. The normalized spacial score (nSPS) is 10.7. The van der Waals surface area contributed by atoms with E-state index in [9.17, 15) is 5.11 Å². The van der Waals surface area contributed by atoms with Crippen LogP contribution in [0, 0.1) is 0 Å². The standard InChI is InChI=1S/C17H14O/c18-17-9-6-13(7-10-17)11-14-5-8-15-3-1-2-4-16(15)12-14/h1-10,12,18H,11H2. The number of fused-ring (bicyclic) bond motifs is 1. The molecule has 0 aromatic heterocycles. The molecule has 18 heavy (non-hydrogen) atoms. The van der Waals surface area contributed by atoms with Crippen molar-refractivity contribution in [3.05, 3.63) is 77.9 Å². The van der Waals surface area contributed by atoms with Gasteiger partial charge in [-0.15, -0.1) is 0 Å². The van der Waals surface area contributed by atoms with Gasteiger partial charge in [0.25, 0.3) is 0 Å². The van der Waals surface area contributed by atoms with Gasteiger partial charge in [0, 0.05) is 0 Å². The van der Waals surface area contributed by atoms with Gasteiger partial charge in [0.15, 0.2) is 0 Å². The van der Waals surface area contributed by atoms with Crippen molar-refractivity contribution in [3.63, 3.8) is 0 Å². The Labute approximate surface area is 106 Å². The Morgan fingerprint density at radius 2 is 1.33 bits per heavy atom. The SMILES string of the molecule is Oc1ccc(Cc2ccc3ccccc3c2)cc1. The molecule has 0 atom stereocenters. The Balaban J connectivity index is 1.92. The maximum absolute atomic E-state index is 9.26. The second kappa shape index (κ2) is 4.53. The van der Waals surface area contributed by atoms with E-state index in [0.29, 0.717) is 5.75 Å². The molecular formula is C17H14O. The molecule has 0 amide bonds. The Kier molecular flexibility index (Phi) is 2.73. The lowest BCUT2D eigenvalue weighted by molar-refractivity contribution is 0.475. The summed E-state index contributed by atoms with van der Waals surface area (Å²) in [7, 11) is 0. The molecule has 0 aliphatic carbocycles. The van der Waals surface area contributed by atoms with E-state index in [1.807, 2.05) is 12.1 Å². The molecule has 0 saturated heterocycles. The van der Waals surface area contributed by atoms with Crippen molar-refractivity contribution in [1.82, 2.24) is 0 Å². The number of phenols is 1. The van der Waals surface area contributed by atoms with Crippen molar-refractivity contribution in [2.75, 3.05) is 0 Å². The van der Waals surface area contributed by atoms with Gasteiger partial charge in [-0.2, -0.15) is 0 Å². The van der Waals surface area contributed by atoms with Gasteiger partial charge in [-0.3, -0.25) is 0 Å². The highest BCUT2D eigenvalue weighted by atomic mass is 16.3. The van der Waals surface area contributed by atoms with E-state index in [4.69, 9.17) is 0 Å². The predicted octanol–water partition coefficient (Wildman–Crippen LogP) is 4.14. The third-order valence-electron chi connectivity index (χ3n) is 3.16. The highest BCUT2D eigenvalue weighted by Crippen LogP contribution is 2.19. The fourth-order valence-corrected chi connectivity index (χ4v) is 2.20. The summed E-state index contributed by atoms with van der Waals surface area (Å²) < 4.78 is 0. The van der Waals surface area contributed by atoms with Gasteiger partial charge in [-0.25, -0.2) is 0 Å². The zero-order chi connectivity index (χ0) is 12.4. The lowest BCUT2D eigenvalue weighted by Crippen LogP contribution is -1.87. The largest absolute Gasteiger partial charge is 0.508 e. The lowest BCUT2D eigenvalue weighted by Gasteiger charge is -2.04. The molecule has 3 rings (SSSR count). The number of hydrogen-bond donors (Lipinski definition) is 1. The van der Waals surface area contributed by atoms with Gasteiger partial charge in [0.05, 0.1) is 0 Å². The van der Waals surface area contributed by atoms with Crippen LogP contribution >= 0.6 is 0 Å². The first kappa shape index (κ1) is 10.8. The molecule has 1 nitrogen and oxygen atoms in total. The molecule has 0 aliphatic rings. The van der Waals surface area contributed by atoms with E-state index in [-0.39, 0.29) is 0 Å². The van der Waals surface area contributed by atoms with E-state index < -0.39 is 0 Å². The van der Waals surface area contributed by atoms with Gasteiger partial charge in [0.2, 0.25) is 0 Å². The average Bonchev–Trinajstić information content (AvgIpc) is 2.41. The molecule has 0 saturated carbocycles. The van der Waals surface area contributed by atoms with Gasteiger partial charge in [-0.05, 0) is 40.5 Å². The van der Waals surface area contributed by atoms with Gasteiger partial charge in [0.1, 0.15) is 5.75 Å². The van der Waals surface area contributed by atoms with Crippen LogP contribution in [-0.4, -0.2) is 5.11 Å². The Morgan fingerprint density at radius 1 is 0.667 bits per heavy atom. The van der Waals surface area contributed by atoms with Gasteiger partial charge < -0.3 is 5.11 Å². The molecule has 3 aromatic rings. The smallest absolute Gasteiger partial charge is 0.115 e. The molecule has 0 spiro atoms. The highest BCUT2D eigenvalue weighted by Gasteiger charge is 1.98. The fourth-order valence-electron chi connectivity index (χ4n) is 2.20. The monoisotopic (exact) mass is 234 g/mol. The fraction of sp³-hybridized carbons (Fsp3) is 0.0588. The Hall–Kier alpha value is -2.28. The first-order valence-corrected chi connectivity index (χ1v) is 6.07. The highest BCUT2D eigenvalue weighted by molar-refractivity contribution is 5.83. The van der Waals surface area contributed by atoms with Gasteiger partial charge >= 0.3 is 0 Å². The number of hydrogen-bond acceptors (Lipinski definition) is 1. The minimum absolute atomic E-state index is 0.317. The van der Waals surface area contributed by atoms with Crippen molar-refractivity contribution in [3.8, 4) is 5.75 Å². The van der Waals surface area contributed by atoms with Crippen LogP contribution in [0.15, 0.2) is 66.7 Å². The third kappa shape index (κ3) is 2.21. The molecule has 0 radical (unpaired) electrons. The van der Waals surface area contributed by atoms with Crippen LogP contribution < -0.4 is 0 Å². The first-order valence-electron chi connectivity index (χ1n) is 6.07. The zero-order valence-electron chi connectivity index (χ0n) is 10.0. The molecule has 0 bridgehead atoms. The third-order valence-corrected chi connectivity index (χ3v) is 3.16. The zero-order valence-corrected chi connectivity index (χ0v) is 10.0. The summed E-state index contributed by atoms with van der Waals surface area (Å²) in [6.45, 7) is 0. The topological polar surface area (TPSA) is 20.2 Å². The van der Waals surface area contributed by atoms with Gasteiger partial charge in [-0.1, -0.05) is 54.6 Å². The predicted molar refractivity (Wildman–Crippen MR) is 74.9 cm³/mol. The molecule has 1 N–H and O–H groups in total.